The second-order valence-electron chi connectivity index (χ2n) is 4.87. The van der Waals surface area contributed by atoms with Crippen LogP contribution in [0.15, 0.2) is 18.2 Å². The van der Waals surface area contributed by atoms with E-state index in [0.29, 0.717) is 23.4 Å². The molecule has 1 N–H and O–H groups in total. The Balaban J connectivity index is 2.20. The number of unbranched alkanes of at least 4 members (excludes halogenated alkanes) is 1. The van der Waals surface area contributed by atoms with Gasteiger partial charge in [0.2, 0.25) is 5.91 Å². The molecule has 1 aromatic rings. The van der Waals surface area contributed by atoms with Gasteiger partial charge < -0.3 is 14.8 Å². The number of amides is 1. The Kier molecular flexibility index (Phi) is 5.48. The minimum absolute atomic E-state index is 0.0566. The first-order valence-corrected chi connectivity index (χ1v) is 7.09. The van der Waals surface area contributed by atoms with Gasteiger partial charge in [-0.25, -0.2) is 0 Å². The number of rotatable bonds is 6. The molecule has 0 fully saturated rings. The molecule has 7 nitrogen and oxygen atoms in total. The molecule has 1 aliphatic rings. The maximum atomic E-state index is 11.7. The number of fused-ring (bicyclic) bond motifs is 1. The van der Waals surface area contributed by atoms with Crippen LogP contribution in [0.25, 0.3) is 6.08 Å². The molecule has 22 heavy (non-hydrogen) atoms. The molecule has 0 atom stereocenters. The number of carbonyl (C=O) groups excluding carboxylic acids is 1. The van der Waals surface area contributed by atoms with Crippen molar-refractivity contribution in [3.63, 3.8) is 0 Å². The second kappa shape index (κ2) is 7.56. The maximum absolute atomic E-state index is 11.7. The van der Waals surface area contributed by atoms with Crippen LogP contribution in [-0.4, -0.2) is 24.2 Å². The third-order valence-corrected chi connectivity index (χ3v) is 3.18. The lowest BCUT2D eigenvalue weighted by atomic mass is 10.1. The van der Waals surface area contributed by atoms with Crippen LogP contribution in [0.4, 0.5) is 5.69 Å². The highest BCUT2D eigenvalue weighted by Gasteiger charge is 2.19. The Hall–Kier alpha value is -2.41. The number of nitro groups is 1. The monoisotopic (exact) mass is 306 g/mol. The van der Waals surface area contributed by atoms with Gasteiger partial charge in [-0.2, -0.15) is 0 Å². The van der Waals surface area contributed by atoms with Gasteiger partial charge in [0, 0.05) is 35.9 Å². The average molecular weight is 306 g/mol. The summed E-state index contributed by atoms with van der Waals surface area (Å²) in [4.78, 5) is 22.2. The Morgan fingerprint density at radius 2 is 2.32 bits per heavy atom. The molecule has 118 valence electrons. The summed E-state index contributed by atoms with van der Waals surface area (Å²) in [7, 11) is 0. The Labute approximate surface area is 128 Å². The predicted molar refractivity (Wildman–Crippen MR) is 80.3 cm³/mol. The molecule has 0 radical (unpaired) electrons. The van der Waals surface area contributed by atoms with Crippen LogP contribution in [0.1, 0.15) is 30.9 Å². The van der Waals surface area contributed by atoms with E-state index in [-0.39, 0.29) is 25.0 Å². The number of non-ortho nitro benzene ring substituents is 1. The fraction of sp³-hybridized carbons (Fsp3) is 0.400. The molecular weight excluding hydrogens is 288 g/mol. The Morgan fingerprint density at radius 3 is 3.05 bits per heavy atom. The quantitative estimate of drug-likeness (QED) is 0.377. The summed E-state index contributed by atoms with van der Waals surface area (Å²) in [6, 6.07) is 2.81. The number of nitro benzene ring substituents is 1. The molecular formula is C15H18N2O5. The summed E-state index contributed by atoms with van der Waals surface area (Å²) in [5.74, 6) is 0.287. The first kappa shape index (κ1) is 16.0. The van der Waals surface area contributed by atoms with E-state index in [2.05, 4.69) is 5.32 Å². The van der Waals surface area contributed by atoms with E-state index in [1.807, 2.05) is 6.92 Å². The van der Waals surface area contributed by atoms with Crippen molar-refractivity contribution in [2.24, 2.45) is 0 Å². The van der Waals surface area contributed by atoms with E-state index in [1.54, 1.807) is 0 Å². The number of nitrogens with one attached hydrogen (secondary N) is 1. The minimum Gasteiger partial charge on any atom is -0.467 e. The van der Waals surface area contributed by atoms with Crippen LogP contribution < -0.4 is 10.1 Å². The predicted octanol–water partition coefficient (Wildman–Crippen LogP) is 2.39. The van der Waals surface area contributed by atoms with Gasteiger partial charge in [0.15, 0.2) is 6.79 Å². The number of hydrogen-bond acceptors (Lipinski definition) is 5. The SMILES string of the molecule is CCCCNC(=O)/C=C/c1cc([N+](=O)[O-])cc2c1OCOC2. The molecule has 0 aromatic heterocycles. The first-order valence-electron chi connectivity index (χ1n) is 7.09. The van der Waals surface area contributed by atoms with E-state index in [9.17, 15) is 14.9 Å². The van der Waals surface area contributed by atoms with Gasteiger partial charge in [-0.1, -0.05) is 13.3 Å². The highest BCUT2D eigenvalue weighted by molar-refractivity contribution is 5.92. The van der Waals surface area contributed by atoms with Gasteiger partial charge in [0.1, 0.15) is 5.75 Å². The molecule has 7 heteroatoms. The van der Waals surface area contributed by atoms with Crippen molar-refractivity contribution in [3.05, 3.63) is 39.4 Å². The smallest absolute Gasteiger partial charge is 0.270 e. The number of nitrogens with zero attached hydrogens (tertiary/aromatic N) is 1. The highest BCUT2D eigenvalue weighted by atomic mass is 16.7. The van der Waals surface area contributed by atoms with E-state index in [4.69, 9.17) is 9.47 Å². The van der Waals surface area contributed by atoms with Crippen molar-refractivity contribution in [1.29, 1.82) is 0 Å². The zero-order valence-electron chi connectivity index (χ0n) is 12.3. The number of hydrogen-bond donors (Lipinski definition) is 1. The Bertz CT molecular complexity index is 598. The van der Waals surface area contributed by atoms with Crippen molar-refractivity contribution >= 4 is 17.7 Å². The van der Waals surface area contributed by atoms with Crippen LogP contribution in [0.2, 0.25) is 0 Å². The molecule has 1 aromatic carbocycles. The highest BCUT2D eigenvalue weighted by Crippen LogP contribution is 2.33. The first-order chi connectivity index (χ1) is 10.6. The van der Waals surface area contributed by atoms with E-state index >= 15 is 0 Å². The van der Waals surface area contributed by atoms with Crippen LogP contribution in [-0.2, 0) is 16.1 Å². The lowest BCUT2D eigenvalue weighted by molar-refractivity contribution is -0.385. The van der Waals surface area contributed by atoms with Gasteiger partial charge in [0.25, 0.3) is 5.69 Å². The lowest BCUT2D eigenvalue weighted by Crippen LogP contribution is -2.21. The average Bonchev–Trinajstić information content (AvgIpc) is 2.52. The number of benzene rings is 1. The van der Waals surface area contributed by atoms with Gasteiger partial charge >= 0.3 is 0 Å². The van der Waals surface area contributed by atoms with Crippen LogP contribution >= 0.6 is 0 Å². The van der Waals surface area contributed by atoms with Crippen LogP contribution in [0, 0.1) is 10.1 Å². The fourth-order valence-corrected chi connectivity index (χ4v) is 2.07. The third-order valence-electron chi connectivity index (χ3n) is 3.18. The van der Waals surface area contributed by atoms with Crippen LogP contribution in [0.3, 0.4) is 0 Å². The van der Waals surface area contributed by atoms with Crippen LogP contribution in [0.5, 0.6) is 5.75 Å². The molecule has 1 heterocycles. The summed E-state index contributed by atoms with van der Waals surface area (Å²) in [6.07, 6.45) is 4.79. The summed E-state index contributed by atoms with van der Waals surface area (Å²) in [5, 5.41) is 13.7. The van der Waals surface area contributed by atoms with Crippen molar-refractivity contribution in [2.45, 2.75) is 26.4 Å². The van der Waals surface area contributed by atoms with E-state index in [1.165, 1.54) is 24.3 Å². The summed E-state index contributed by atoms with van der Waals surface area (Å²) >= 11 is 0. The zero-order chi connectivity index (χ0) is 15.9. The van der Waals surface area contributed by atoms with Gasteiger partial charge in [0.05, 0.1) is 11.5 Å². The minimum atomic E-state index is -0.479. The molecule has 1 aliphatic heterocycles. The largest absolute Gasteiger partial charge is 0.467 e. The molecule has 0 unspecified atom stereocenters. The third kappa shape index (κ3) is 4.05. The maximum Gasteiger partial charge on any atom is 0.270 e. The molecule has 0 spiro atoms. The van der Waals surface area contributed by atoms with E-state index < -0.39 is 4.92 Å². The summed E-state index contributed by atoms with van der Waals surface area (Å²) in [5.41, 5.74) is 1.04. The normalized spacial score (nSPS) is 13.5. The standard InChI is InChI=1S/C15H18N2O5/c1-2-3-6-16-14(18)5-4-11-7-13(17(19)20)8-12-9-21-10-22-15(11)12/h4-5,7-8H,2-3,6,9-10H2,1H3,(H,16,18)/b5-4+. The number of ether oxygens (including phenoxy) is 2. The summed E-state index contributed by atoms with van der Waals surface area (Å²) < 4.78 is 10.5. The molecule has 0 bridgehead atoms. The molecule has 2 rings (SSSR count). The van der Waals surface area contributed by atoms with E-state index in [0.717, 1.165) is 12.8 Å². The topological polar surface area (TPSA) is 90.7 Å². The fourth-order valence-electron chi connectivity index (χ4n) is 2.07. The van der Waals surface area contributed by atoms with Crippen molar-refractivity contribution in [3.8, 4) is 5.75 Å². The second-order valence-corrected chi connectivity index (χ2v) is 4.87. The zero-order valence-corrected chi connectivity index (χ0v) is 12.3. The number of carbonyl (C=O) groups is 1. The van der Waals surface area contributed by atoms with Gasteiger partial charge in [-0.15, -0.1) is 0 Å². The van der Waals surface area contributed by atoms with Crippen molar-refractivity contribution < 1.29 is 19.2 Å². The Morgan fingerprint density at radius 1 is 1.50 bits per heavy atom. The van der Waals surface area contributed by atoms with Crippen molar-refractivity contribution in [1.82, 2.24) is 5.32 Å². The molecule has 0 aliphatic carbocycles. The van der Waals surface area contributed by atoms with Crippen molar-refractivity contribution in [2.75, 3.05) is 13.3 Å². The lowest BCUT2D eigenvalue weighted by Gasteiger charge is -2.19. The molecule has 0 saturated carbocycles. The van der Waals surface area contributed by atoms with Gasteiger partial charge in [-0.3, -0.25) is 14.9 Å². The molecule has 1 amide bonds. The van der Waals surface area contributed by atoms with Gasteiger partial charge in [-0.05, 0) is 12.5 Å². The summed E-state index contributed by atoms with van der Waals surface area (Å²) in [6.45, 7) is 2.99. The molecule has 0 saturated heterocycles.